The summed E-state index contributed by atoms with van der Waals surface area (Å²) < 4.78 is 0. The first-order valence-electron chi connectivity index (χ1n) is 9.52. The quantitative estimate of drug-likeness (QED) is 0.726. The number of ketones is 2. The molecule has 28 heavy (non-hydrogen) atoms. The maximum atomic E-state index is 12.8. The highest BCUT2D eigenvalue weighted by molar-refractivity contribution is 6.28. The molecule has 1 heterocycles. The fraction of sp³-hybridized carbons (Fsp3) is 0.318. The average Bonchev–Trinajstić information content (AvgIpc) is 2.72. The molecule has 0 radical (unpaired) electrons. The molecule has 1 aliphatic carbocycles. The van der Waals surface area contributed by atoms with Crippen LogP contribution in [0.3, 0.4) is 0 Å². The van der Waals surface area contributed by atoms with Gasteiger partial charge in [0.05, 0.1) is 6.54 Å². The molecule has 0 unspecified atom stereocenters. The number of carbonyl (C=O) groups excluding carboxylic acids is 3. The Morgan fingerprint density at radius 2 is 1.57 bits per heavy atom. The monoisotopic (exact) mass is 378 g/mol. The Morgan fingerprint density at radius 3 is 2.21 bits per heavy atom. The molecule has 1 saturated heterocycles. The molecule has 0 bridgehead atoms. The Morgan fingerprint density at radius 1 is 0.964 bits per heavy atom. The highest BCUT2D eigenvalue weighted by atomic mass is 16.3. The number of piperidine rings is 1. The summed E-state index contributed by atoms with van der Waals surface area (Å²) in [5, 5.41) is 12.0. The number of carbonyl (C=O) groups is 3. The SMILES string of the molecule is O=C(CN1CCC(CO)CC1)Nc1ccc2c(c1)C(=O)c1ccccc1C2=O. The van der Waals surface area contributed by atoms with Crippen molar-refractivity contribution in [2.75, 3.05) is 31.6 Å². The molecule has 144 valence electrons. The van der Waals surface area contributed by atoms with Crippen LogP contribution in [0.1, 0.15) is 44.7 Å². The number of hydrogen-bond acceptors (Lipinski definition) is 5. The number of nitrogens with zero attached hydrogens (tertiary/aromatic N) is 1. The molecule has 4 rings (SSSR count). The van der Waals surface area contributed by atoms with Gasteiger partial charge in [0.15, 0.2) is 11.6 Å². The Hall–Kier alpha value is -2.83. The van der Waals surface area contributed by atoms with E-state index in [0.717, 1.165) is 25.9 Å². The predicted octanol–water partition coefficient (Wildman–Crippen LogP) is 2.10. The minimum atomic E-state index is -0.202. The van der Waals surface area contributed by atoms with E-state index in [0.29, 0.717) is 33.9 Å². The van der Waals surface area contributed by atoms with Crippen molar-refractivity contribution in [1.29, 1.82) is 0 Å². The summed E-state index contributed by atoms with van der Waals surface area (Å²) >= 11 is 0. The van der Waals surface area contributed by atoms with Crippen molar-refractivity contribution in [3.8, 4) is 0 Å². The van der Waals surface area contributed by atoms with Crippen molar-refractivity contribution in [3.63, 3.8) is 0 Å². The Labute approximate surface area is 163 Å². The maximum absolute atomic E-state index is 12.8. The van der Waals surface area contributed by atoms with Crippen LogP contribution in [0.4, 0.5) is 5.69 Å². The lowest BCUT2D eigenvalue weighted by Crippen LogP contribution is -2.39. The first-order chi connectivity index (χ1) is 13.6. The second-order valence-corrected chi connectivity index (χ2v) is 7.41. The van der Waals surface area contributed by atoms with Crippen LogP contribution < -0.4 is 5.32 Å². The molecule has 6 nitrogen and oxygen atoms in total. The third-order valence-electron chi connectivity index (χ3n) is 5.54. The smallest absolute Gasteiger partial charge is 0.238 e. The second-order valence-electron chi connectivity index (χ2n) is 7.41. The van der Waals surface area contributed by atoms with Crippen molar-refractivity contribution in [2.24, 2.45) is 5.92 Å². The van der Waals surface area contributed by atoms with E-state index < -0.39 is 0 Å². The summed E-state index contributed by atoms with van der Waals surface area (Å²) in [7, 11) is 0. The lowest BCUT2D eigenvalue weighted by Gasteiger charge is -2.30. The van der Waals surface area contributed by atoms with Gasteiger partial charge in [-0.2, -0.15) is 0 Å². The molecule has 0 atom stereocenters. The number of hydrogen-bond donors (Lipinski definition) is 2. The first-order valence-corrected chi connectivity index (χ1v) is 9.52. The molecule has 2 aromatic carbocycles. The van der Waals surface area contributed by atoms with Crippen LogP contribution >= 0.6 is 0 Å². The second kappa shape index (κ2) is 7.66. The number of rotatable bonds is 4. The van der Waals surface area contributed by atoms with E-state index in [2.05, 4.69) is 10.2 Å². The van der Waals surface area contributed by atoms with E-state index in [1.54, 1.807) is 42.5 Å². The molecule has 2 aromatic rings. The largest absolute Gasteiger partial charge is 0.396 e. The maximum Gasteiger partial charge on any atom is 0.238 e. The van der Waals surface area contributed by atoms with Gasteiger partial charge in [-0.15, -0.1) is 0 Å². The predicted molar refractivity (Wildman–Crippen MR) is 105 cm³/mol. The molecule has 1 aliphatic heterocycles. The molecule has 0 aromatic heterocycles. The van der Waals surface area contributed by atoms with Gasteiger partial charge in [0.1, 0.15) is 0 Å². The molecule has 6 heteroatoms. The van der Waals surface area contributed by atoms with Crippen LogP contribution in [0.15, 0.2) is 42.5 Å². The highest BCUT2D eigenvalue weighted by Gasteiger charge is 2.29. The zero-order chi connectivity index (χ0) is 19.7. The van der Waals surface area contributed by atoms with Gasteiger partial charge in [-0.3, -0.25) is 19.3 Å². The topological polar surface area (TPSA) is 86.7 Å². The molecule has 0 saturated carbocycles. The number of likely N-dealkylation sites (tertiary alicyclic amines) is 1. The van der Waals surface area contributed by atoms with E-state index in [4.69, 9.17) is 0 Å². The summed E-state index contributed by atoms with van der Waals surface area (Å²) in [6, 6.07) is 11.6. The van der Waals surface area contributed by atoms with E-state index in [9.17, 15) is 19.5 Å². The number of benzene rings is 2. The molecule has 0 spiro atoms. The zero-order valence-corrected chi connectivity index (χ0v) is 15.5. The van der Waals surface area contributed by atoms with Crippen LogP contribution in [0.25, 0.3) is 0 Å². The summed E-state index contributed by atoms with van der Waals surface area (Å²) in [5.74, 6) is -0.203. The lowest BCUT2D eigenvalue weighted by molar-refractivity contribution is -0.117. The van der Waals surface area contributed by atoms with Crippen LogP contribution in [0.5, 0.6) is 0 Å². The van der Waals surface area contributed by atoms with Gasteiger partial charge in [-0.1, -0.05) is 24.3 Å². The number of aliphatic hydroxyl groups excluding tert-OH is 1. The lowest BCUT2D eigenvalue weighted by atomic mass is 9.84. The van der Waals surface area contributed by atoms with Gasteiger partial charge in [-0.05, 0) is 50.0 Å². The summed E-state index contributed by atoms with van der Waals surface area (Å²) in [6.45, 7) is 2.04. The third-order valence-corrected chi connectivity index (χ3v) is 5.54. The van der Waals surface area contributed by atoms with E-state index in [-0.39, 0.29) is 30.6 Å². The van der Waals surface area contributed by atoms with Gasteiger partial charge < -0.3 is 10.4 Å². The average molecular weight is 378 g/mol. The van der Waals surface area contributed by atoms with Gasteiger partial charge in [0, 0.05) is 34.5 Å². The van der Waals surface area contributed by atoms with Gasteiger partial charge in [-0.25, -0.2) is 0 Å². The van der Waals surface area contributed by atoms with E-state index in [1.807, 2.05) is 0 Å². The minimum absolute atomic E-state index is 0.155. The number of aliphatic hydroxyl groups is 1. The molecule has 2 aliphatic rings. The van der Waals surface area contributed by atoms with Crippen LogP contribution in [0, 0.1) is 5.92 Å². The Balaban J connectivity index is 1.47. The van der Waals surface area contributed by atoms with Crippen LogP contribution in [0.2, 0.25) is 0 Å². The zero-order valence-electron chi connectivity index (χ0n) is 15.5. The highest BCUT2D eigenvalue weighted by Crippen LogP contribution is 2.29. The molecule has 1 fully saturated rings. The number of nitrogens with one attached hydrogen (secondary N) is 1. The van der Waals surface area contributed by atoms with Crippen LogP contribution in [-0.2, 0) is 4.79 Å². The molecular formula is C22H22N2O4. The standard InChI is InChI=1S/C22H22N2O4/c25-13-14-7-9-24(10-8-14)12-20(26)23-15-5-6-18-19(11-15)22(28)17-4-2-1-3-16(17)21(18)27/h1-6,11,14,25H,7-10,12-13H2,(H,23,26). The van der Waals surface area contributed by atoms with Crippen LogP contribution in [-0.4, -0.2) is 53.7 Å². The first kappa shape index (κ1) is 18.5. The van der Waals surface area contributed by atoms with E-state index >= 15 is 0 Å². The van der Waals surface area contributed by atoms with Gasteiger partial charge in [0.25, 0.3) is 0 Å². The summed E-state index contributed by atoms with van der Waals surface area (Å²) in [6.07, 6.45) is 1.78. The normalized spacial score (nSPS) is 17.2. The van der Waals surface area contributed by atoms with Gasteiger partial charge >= 0.3 is 0 Å². The Bertz CT molecular complexity index is 945. The van der Waals surface area contributed by atoms with Crippen molar-refractivity contribution < 1.29 is 19.5 Å². The van der Waals surface area contributed by atoms with Crippen molar-refractivity contribution in [3.05, 3.63) is 64.7 Å². The number of fused-ring (bicyclic) bond motifs is 2. The van der Waals surface area contributed by atoms with Gasteiger partial charge in [0.2, 0.25) is 5.91 Å². The third kappa shape index (κ3) is 3.48. The summed E-state index contributed by atoms with van der Waals surface area (Å²) in [5.41, 5.74) is 2.02. The molecule has 2 N–H and O–H groups in total. The number of amides is 1. The van der Waals surface area contributed by atoms with Crippen molar-refractivity contribution >= 4 is 23.2 Å². The molecule has 1 amide bonds. The van der Waals surface area contributed by atoms with E-state index in [1.165, 1.54) is 0 Å². The minimum Gasteiger partial charge on any atom is -0.396 e. The van der Waals surface area contributed by atoms with Crippen molar-refractivity contribution in [1.82, 2.24) is 4.90 Å². The summed E-state index contributed by atoms with van der Waals surface area (Å²) in [4.78, 5) is 39.9. The molecular weight excluding hydrogens is 356 g/mol. The number of anilines is 1. The fourth-order valence-corrected chi connectivity index (χ4v) is 3.91. The fourth-order valence-electron chi connectivity index (χ4n) is 3.91. The van der Waals surface area contributed by atoms with Crippen molar-refractivity contribution in [2.45, 2.75) is 12.8 Å². The Kier molecular flexibility index (Phi) is 5.07.